The van der Waals surface area contributed by atoms with Gasteiger partial charge in [-0.2, -0.15) is 10.2 Å². The second-order valence-corrected chi connectivity index (χ2v) is 5.78. The number of rotatable bonds is 7. The van der Waals surface area contributed by atoms with Crippen molar-refractivity contribution in [3.63, 3.8) is 0 Å². The van der Waals surface area contributed by atoms with Gasteiger partial charge in [0.05, 0.1) is 5.69 Å². The summed E-state index contributed by atoms with van der Waals surface area (Å²) in [5.41, 5.74) is 4.55. The number of hydrogen-bond acceptors (Lipinski definition) is 3. The zero-order chi connectivity index (χ0) is 16.1. The Labute approximate surface area is 131 Å². The second kappa shape index (κ2) is 7.24. The Balaban J connectivity index is 1.73. The molecule has 2 rings (SSSR count). The van der Waals surface area contributed by atoms with Gasteiger partial charge in [0, 0.05) is 44.6 Å². The SMILES string of the molecule is Cc1n[nH]c(C)c1CCCN(C)C(=O)CCc1ccnn1C. The molecule has 0 aliphatic rings. The van der Waals surface area contributed by atoms with Crippen LogP contribution in [0.1, 0.15) is 35.5 Å². The van der Waals surface area contributed by atoms with Crippen molar-refractivity contribution in [3.05, 3.63) is 34.9 Å². The maximum Gasteiger partial charge on any atom is 0.222 e. The first kappa shape index (κ1) is 16.3. The smallest absolute Gasteiger partial charge is 0.222 e. The van der Waals surface area contributed by atoms with E-state index < -0.39 is 0 Å². The molecule has 0 saturated carbocycles. The number of nitrogens with zero attached hydrogens (tertiary/aromatic N) is 4. The fraction of sp³-hybridized carbons (Fsp3) is 0.562. The molecule has 0 spiro atoms. The number of aromatic amines is 1. The minimum absolute atomic E-state index is 0.182. The van der Waals surface area contributed by atoms with Crippen LogP contribution in [0.3, 0.4) is 0 Å². The second-order valence-electron chi connectivity index (χ2n) is 5.78. The van der Waals surface area contributed by atoms with Gasteiger partial charge >= 0.3 is 0 Å². The van der Waals surface area contributed by atoms with E-state index in [1.165, 1.54) is 5.56 Å². The molecule has 1 N–H and O–H groups in total. The average Bonchev–Trinajstić information content (AvgIpc) is 3.04. The lowest BCUT2D eigenvalue weighted by atomic mass is 10.1. The molecule has 0 saturated heterocycles. The summed E-state index contributed by atoms with van der Waals surface area (Å²) in [6.07, 6.45) is 4.93. The molecule has 0 unspecified atom stereocenters. The van der Waals surface area contributed by atoms with E-state index in [1.54, 1.807) is 6.20 Å². The monoisotopic (exact) mass is 303 g/mol. The molecule has 1 amide bonds. The molecule has 0 bridgehead atoms. The summed E-state index contributed by atoms with van der Waals surface area (Å²) in [5, 5.41) is 11.3. The van der Waals surface area contributed by atoms with Gasteiger partial charge in [0.25, 0.3) is 0 Å². The fourth-order valence-corrected chi connectivity index (χ4v) is 2.63. The van der Waals surface area contributed by atoms with Crippen molar-refractivity contribution >= 4 is 5.91 Å². The molecule has 2 heterocycles. The largest absolute Gasteiger partial charge is 0.346 e. The molecule has 120 valence electrons. The van der Waals surface area contributed by atoms with Crippen molar-refractivity contribution in [2.45, 2.75) is 39.5 Å². The molecule has 0 aliphatic carbocycles. The van der Waals surface area contributed by atoms with Gasteiger partial charge in [0.1, 0.15) is 0 Å². The molecular weight excluding hydrogens is 278 g/mol. The van der Waals surface area contributed by atoms with E-state index in [4.69, 9.17) is 0 Å². The van der Waals surface area contributed by atoms with Crippen LogP contribution in [0.5, 0.6) is 0 Å². The summed E-state index contributed by atoms with van der Waals surface area (Å²) in [6, 6.07) is 1.96. The molecule has 0 radical (unpaired) electrons. The Kier molecular flexibility index (Phi) is 5.35. The van der Waals surface area contributed by atoms with Crippen LogP contribution in [-0.2, 0) is 24.7 Å². The molecular formula is C16H25N5O. The summed E-state index contributed by atoms with van der Waals surface area (Å²) in [4.78, 5) is 14.0. The van der Waals surface area contributed by atoms with E-state index in [1.807, 2.05) is 43.6 Å². The van der Waals surface area contributed by atoms with Gasteiger partial charge in [-0.1, -0.05) is 0 Å². The highest BCUT2D eigenvalue weighted by Gasteiger charge is 2.11. The summed E-state index contributed by atoms with van der Waals surface area (Å²) in [6.45, 7) is 4.83. The van der Waals surface area contributed by atoms with E-state index >= 15 is 0 Å². The normalized spacial score (nSPS) is 10.9. The van der Waals surface area contributed by atoms with Crippen molar-refractivity contribution in [1.29, 1.82) is 0 Å². The zero-order valence-corrected chi connectivity index (χ0v) is 13.9. The Bertz CT molecular complexity index is 609. The number of nitrogens with one attached hydrogen (secondary N) is 1. The highest BCUT2D eigenvalue weighted by Crippen LogP contribution is 2.12. The molecule has 22 heavy (non-hydrogen) atoms. The van der Waals surface area contributed by atoms with Crippen LogP contribution in [0.2, 0.25) is 0 Å². The number of aromatic nitrogens is 4. The first-order valence-corrected chi connectivity index (χ1v) is 7.70. The van der Waals surface area contributed by atoms with Gasteiger partial charge in [-0.15, -0.1) is 0 Å². The third-order valence-electron chi connectivity index (χ3n) is 4.14. The zero-order valence-electron chi connectivity index (χ0n) is 13.9. The van der Waals surface area contributed by atoms with E-state index in [2.05, 4.69) is 15.3 Å². The van der Waals surface area contributed by atoms with E-state index in [0.29, 0.717) is 6.42 Å². The molecule has 6 heteroatoms. The van der Waals surface area contributed by atoms with Gasteiger partial charge in [0.2, 0.25) is 5.91 Å². The lowest BCUT2D eigenvalue weighted by molar-refractivity contribution is -0.129. The van der Waals surface area contributed by atoms with Crippen LogP contribution in [0, 0.1) is 13.8 Å². The number of aryl methyl sites for hydroxylation is 4. The maximum atomic E-state index is 12.2. The van der Waals surface area contributed by atoms with Crippen molar-refractivity contribution in [2.75, 3.05) is 13.6 Å². The number of hydrogen-bond donors (Lipinski definition) is 1. The number of amides is 1. The molecule has 6 nitrogen and oxygen atoms in total. The number of carbonyl (C=O) groups excluding carboxylic acids is 1. The molecule has 0 aromatic carbocycles. The van der Waals surface area contributed by atoms with Crippen LogP contribution < -0.4 is 0 Å². The van der Waals surface area contributed by atoms with E-state index in [0.717, 1.165) is 42.9 Å². The van der Waals surface area contributed by atoms with Crippen LogP contribution in [0.25, 0.3) is 0 Å². The van der Waals surface area contributed by atoms with E-state index in [-0.39, 0.29) is 5.91 Å². The Morgan fingerprint density at radius 2 is 2.14 bits per heavy atom. The minimum atomic E-state index is 0.182. The highest BCUT2D eigenvalue weighted by atomic mass is 16.2. The quantitative estimate of drug-likeness (QED) is 0.848. The van der Waals surface area contributed by atoms with Gasteiger partial charge < -0.3 is 4.90 Å². The molecule has 0 atom stereocenters. The third kappa shape index (κ3) is 3.96. The molecule has 0 aliphatic heterocycles. The fourth-order valence-electron chi connectivity index (χ4n) is 2.63. The Hall–Kier alpha value is -2.11. The summed E-state index contributed by atoms with van der Waals surface area (Å²) >= 11 is 0. The summed E-state index contributed by atoms with van der Waals surface area (Å²) < 4.78 is 1.82. The van der Waals surface area contributed by atoms with Gasteiger partial charge in [-0.05, 0) is 44.7 Å². The van der Waals surface area contributed by atoms with Gasteiger partial charge in [0.15, 0.2) is 0 Å². The average molecular weight is 303 g/mol. The van der Waals surface area contributed by atoms with Crippen LogP contribution in [0.15, 0.2) is 12.3 Å². The number of H-pyrrole nitrogens is 1. The van der Waals surface area contributed by atoms with Gasteiger partial charge in [-0.25, -0.2) is 0 Å². The van der Waals surface area contributed by atoms with Crippen molar-refractivity contribution in [1.82, 2.24) is 24.9 Å². The predicted octanol–water partition coefficient (Wildman–Crippen LogP) is 1.78. The topological polar surface area (TPSA) is 66.8 Å². The predicted molar refractivity (Wildman–Crippen MR) is 85.5 cm³/mol. The third-order valence-corrected chi connectivity index (χ3v) is 4.14. The van der Waals surface area contributed by atoms with E-state index in [9.17, 15) is 4.79 Å². The summed E-state index contributed by atoms with van der Waals surface area (Å²) in [7, 11) is 3.78. The molecule has 2 aromatic heterocycles. The van der Waals surface area contributed by atoms with Crippen LogP contribution >= 0.6 is 0 Å². The first-order valence-electron chi connectivity index (χ1n) is 7.70. The van der Waals surface area contributed by atoms with Crippen LogP contribution in [0.4, 0.5) is 0 Å². The molecule has 2 aromatic rings. The maximum absolute atomic E-state index is 12.2. The Morgan fingerprint density at radius 1 is 1.36 bits per heavy atom. The minimum Gasteiger partial charge on any atom is -0.346 e. The molecule has 0 fully saturated rings. The lowest BCUT2D eigenvalue weighted by Gasteiger charge is -2.17. The standard InChI is InChI=1S/C16H25N5O/c1-12-15(13(2)19-18-12)6-5-11-20(3)16(22)8-7-14-9-10-17-21(14)4/h9-10H,5-8,11H2,1-4H3,(H,18,19). The summed E-state index contributed by atoms with van der Waals surface area (Å²) in [5.74, 6) is 0.182. The van der Waals surface area contributed by atoms with Crippen LogP contribution in [-0.4, -0.2) is 44.4 Å². The Morgan fingerprint density at radius 3 is 2.73 bits per heavy atom. The van der Waals surface area contributed by atoms with Crippen molar-refractivity contribution < 1.29 is 4.79 Å². The highest BCUT2D eigenvalue weighted by molar-refractivity contribution is 5.76. The lowest BCUT2D eigenvalue weighted by Crippen LogP contribution is -2.28. The first-order chi connectivity index (χ1) is 10.5. The van der Waals surface area contributed by atoms with Gasteiger partial charge in [-0.3, -0.25) is 14.6 Å². The van der Waals surface area contributed by atoms with Crippen molar-refractivity contribution in [2.24, 2.45) is 7.05 Å². The number of carbonyl (C=O) groups is 1. The van der Waals surface area contributed by atoms with Crippen molar-refractivity contribution in [3.8, 4) is 0 Å².